The molecule has 40 heavy (non-hydrogen) atoms. The number of aromatic amines is 1. The molecule has 208 valence electrons. The van der Waals surface area contributed by atoms with Gasteiger partial charge in [-0.1, -0.05) is 37.1 Å². The predicted molar refractivity (Wildman–Crippen MR) is 156 cm³/mol. The minimum atomic E-state index is -0.290. The van der Waals surface area contributed by atoms with Crippen LogP contribution in [0.2, 0.25) is 0 Å². The van der Waals surface area contributed by atoms with Gasteiger partial charge in [-0.3, -0.25) is 9.59 Å². The van der Waals surface area contributed by atoms with Crippen LogP contribution in [-0.2, 0) is 22.7 Å². The molecular formula is C31H37N7O2. The smallest absolute Gasteiger partial charge is 0.240 e. The molecule has 2 aromatic carbocycles. The Morgan fingerprint density at radius 2 is 1.88 bits per heavy atom. The van der Waals surface area contributed by atoms with Gasteiger partial charge in [0.25, 0.3) is 0 Å². The molecule has 0 saturated carbocycles. The van der Waals surface area contributed by atoms with Crippen LogP contribution in [0.15, 0.2) is 60.9 Å². The Kier molecular flexibility index (Phi) is 9.71. The van der Waals surface area contributed by atoms with E-state index in [9.17, 15) is 9.59 Å². The highest BCUT2D eigenvalue weighted by Gasteiger charge is 2.19. The van der Waals surface area contributed by atoms with Crippen molar-refractivity contribution >= 4 is 22.7 Å². The molecule has 2 amide bonds. The number of fused-ring (bicyclic) bond motifs is 1. The third kappa shape index (κ3) is 7.58. The number of H-pyrrole nitrogens is 1. The maximum atomic E-state index is 13.2. The Hall–Kier alpha value is -4.42. The molecular weight excluding hydrogens is 502 g/mol. The van der Waals surface area contributed by atoms with Crippen LogP contribution < -0.4 is 10.6 Å². The Bertz CT molecular complexity index is 1480. The molecule has 2 heterocycles. The van der Waals surface area contributed by atoms with Gasteiger partial charge in [-0.15, -0.1) is 0 Å². The number of benzene rings is 2. The van der Waals surface area contributed by atoms with Crippen LogP contribution in [0.25, 0.3) is 22.2 Å². The van der Waals surface area contributed by atoms with E-state index in [2.05, 4.69) is 55.8 Å². The van der Waals surface area contributed by atoms with E-state index in [1.807, 2.05) is 49.3 Å². The molecule has 0 radical (unpaired) electrons. The number of hydrogen-bond acceptors (Lipinski definition) is 5. The summed E-state index contributed by atoms with van der Waals surface area (Å²) in [5, 5.41) is 15.9. The predicted octanol–water partition coefficient (Wildman–Crippen LogP) is 4.52. The van der Waals surface area contributed by atoms with Gasteiger partial charge in [-0.25, -0.2) is 4.98 Å². The standard InChI is InChI=1S/C31H37N7O2/c1-33-29(39)8-6-4-5-7-26(31-34-19-27(36-31)24-12-9-22(10-13-24)20-37(2)3)35-30(40)21-38-16-15-25-17-23(18-32)11-14-28(25)38/h9-17,19,26H,4-8,20-21H2,1-3H3,(H,33,39)(H,34,36)(H,35,40)/t26-/m0/s1. The molecule has 9 heteroatoms. The van der Waals surface area contributed by atoms with Gasteiger partial charge >= 0.3 is 0 Å². The van der Waals surface area contributed by atoms with Crippen molar-refractivity contribution in [3.8, 4) is 17.3 Å². The summed E-state index contributed by atoms with van der Waals surface area (Å²) >= 11 is 0. The Labute approximate surface area is 235 Å². The highest BCUT2D eigenvalue weighted by atomic mass is 16.2. The van der Waals surface area contributed by atoms with Crippen LogP contribution in [0.3, 0.4) is 0 Å². The first-order valence-corrected chi connectivity index (χ1v) is 13.6. The van der Waals surface area contributed by atoms with Gasteiger partial charge in [-0.2, -0.15) is 5.26 Å². The topological polar surface area (TPSA) is 119 Å². The number of carbonyl (C=O) groups is 2. The SMILES string of the molecule is CNC(=O)CCCCC[C@H](NC(=O)Cn1ccc2cc(C#N)ccc21)c1ncc(-c2ccc(CN(C)C)cc2)[nH]1. The third-order valence-electron chi connectivity index (χ3n) is 6.91. The minimum absolute atomic E-state index is 0.0398. The van der Waals surface area contributed by atoms with Gasteiger partial charge in [0.15, 0.2) is 0 Å². The van der Waals surface area contributed by atoms with Crippen LogP contribution in [0.5, 0.6) is 0 Å². The number of nitrogens with zero attached hydrogens (tertiary/aromatic N) is 4. The number of hydrogen-bond donors (Lipinski definition) is 3. The maximum Gasteiger partial charge on any atom is 0.240 e. The molecule has 1 atom stereocenters. The summed E-state index contributed by atoms with van der Waals surface area (Å²) in [7, 11) is 5.74. The van der Waals surface area contributed by atoms with Gasteiger partial charge in [0.05, 0.1) is 29.6 Å². The zero-order valence-electron chi connectivity index (χ0n) is 23.4. The van der Waals surface area contributed by atoms with E-state index >= 15 is 0 Å². The fourth-order valence-corrected chi connectivity index (χ4v) is 4.83. The number of carbonyl (C=O) groups excluding carboxylic acids is 2. The van der Waals surface area contributed by atoms with Crippen molar-refractivity contribution in [2.24, 2.45) is 0 Å². The van der Waals surface area contributed by atoms with E-state index in [1.54, 1.807) is 13.1 Å². The quantitative estimate of drug-likeness (QED) is 0.216. The number of nitrogens with one attached hydrogen (secondary N) is 3. The van der Waals surface area contributed by atoms with Gasteiger partial charge in [0.1, 0.15) is 12.4 Å². The lowest BCUT2D eigenvalue weighted by Crippen LogP contribution is -2.32. The molecule has 0 saturated heterocycles. The van der Waals surface area contributed by atoms with Gasteiger partial charge in [-0.05, 0) is 62.3 Å². The molecule has 2 aromatic heterocycles. The van der Waals surface area contributed by atoms with Crippen LogP contribution >= 0.6 is 0 Å². The molecule has 0 bridgehead atoms. The number of imidazole rings is 1. The molecule has 0 aliphatic carbocycles. The molecule has 0 spiro atoms. The largest absolute Gasteiger partial charge is 0.359 e. The Balaban J connectivity index is 1.46. The summed E-state index contributed by atoms with van der Waals surface area (Å²) in [4.78, 5) is 35.0. The first-order valence-electron chi connectivity index (χ1n) is 13.6. The van der Waals surface area contributed by atoms with E-state index in [0.717, 1.165) is 48.0 Å². The van der Waals surface area contributed by atoms with Crippen LogP contribution in [0.4, 0.5) is 0 Å². The summed E-state index contributed by atoms with van der Waals surface area (Å²) in [6, 6.07) is 17.6. The van der Waals surface area contributed by atoms with E-state index < -0.39 is 0 Å². The first-order chi connectivity index (χ1) is 19.4. The third-order valence-corrected chi connectivity index (χ3v) is 6.91. The first kappa shape index (κ1) is 28.6. The zero-order valence-corrected chi connectivity index (χ0v) is 23.4. The molecule has 0 aliphatic heterocycles. The summed E-state index contributed by atoms with van der Waals surface area (Å²) in [6.07, 6.45) is 7.40. The second-order valence-corrected chi connectivity index (χ2v) is 10.3. The average Bonchev–Trinajstić information content (AvgIpc) is 3.59. The summed E-state index contributed by atoms with van der Waals surface area (Å²) in [5.74, 6) is 0.629. The maximum absolute atomic E-state index is 13.2. The Morgan fingerprint density at radius 1 is 1.07 bits per heavy atom. The van der Waals surface area contributed by atoms with Crippen molar-refractivity contribution in [2.75, 3.05) is 21.1 Å². The lowest BCUT2D eigenvalue weighted by molar-refractivity contribution is -0.122. The van der Waals surface area contributed by atoms with Crippen molar-refractivity contribution in [1.82, 2.24) is 30.1 Å². The highest BCUT2D eigenvalue weighted by Crippen LogP contribution is 2.24. The van der Waals surface area contributed by atoms with Crippen LogP contribution in [0, 0.1) is 11.3 Å². The molecule has 0 unspecified atom stereocenters. The second kappa shape index (κ2) is 13.6. The summed E-state index contributed by atoms with van der Waals surface area (Å²) in [6.45, 7) is 1.03. The van der Waals surface area contributed by atoms with E-state index in [1.165, 1.54) is 5.56 Å². The molecule has 0 fully saturated rings. The fourth-order valence-electron chi connectivity index (χ4n) is 4.83. The van der Waals surface area contributed by atoms with Gasteiger partial charge in [0, 0.05) is 37.1 Å². The van der Waals surface area contributed by atoms with E-state index in [0.29, 0.717) is 24.2 Å². The van der Waals surface area contributed by atoms with Crippen molar-refractivity contribution in [2.45, 2.75) is 51.2 Å². The van der Waals surface area contributed by atoms with Crippen LogP contribution in [0.1, 0.15) is 55.1 Å². The molecule has 4 aromatic rings. The molecule has 0 aliphatic rings. The second-order valence-electron chi connectivity index (χ2n) is 10.3. The molecule has 3 N–H and O–H groups in total. The summed E-state index contributed by atoms with van der Waals surface area (Å²) in [5.41, 5.74) is 4.66. The van der Waals surface area contributed by atoms with Crippen molar-refractivity contribution in [1.29, 1.82) is 5.26 Å². The number of nitriles is 1. The van der Waals surface area contributed by atoms with Crippen molar-refractivity contribution in [3.63, 3.8) is 0 Å². The zero-order chi connectivity index (χ0) is 28.5. The number of amides is 2. The minimum Gasteiger partial charge on any atom is -0.359 e. The lowest BCUT2D eigenvalue weighted by Gasteiger charge is -2.17. The molecule has 4 rings (SSSR count). The van der Waals surface area contributed by atoms with Crippen molar-refractivity contribution < 1.29 is 9.59 Å². The number of unbranched alkanes of at least 4 members (excludes halogenated alkanes) is 2. The number of aromatic nitrogens is 3. The van der Waals surface area contributed by atoms with Gasteiger partial charge in [0.2, 0.25) is 11.8 Å². The van der Waals surface area contributed by atoms with Crippen molar-refractivity contribution in [3.05, 3.63) is 77.9 Å². The lowest BCUT2D eigenvalue weighted by atomic mass is 10.1. The number of rotatable bonds is 13. The normalized spacial score (nSPS) is 11.9. The van der Waals surface area contributed by atoms with E-state index in [-0.39, 0.29) is 24.4 Å². The summed E-state index contributed by atoms with van der Waals surface area (Å²) < 4.78 is 1.88. The van der Waals surface area contributed by atoms with Gasteiger partial charge < -0.3 is 25.1 Å². The fraction of sp³-hybridized carbons (Fsp3) is 0.355. The Morgan fingerprint density at radius 3 is 2.60 bits per heavy atom. The monoisotopic (exact) mass is 539 g/mol. The molecule has 9 nitrogen and oxygen atoms in total. The van der Waals surface area contributed by atoms with E-state index in [4.69, 9.17) is 5.26 Å². The average molecular weight is 540 g/mol. The van der Waals surface area contributed by atoms with Crippen LogP contribution in [-0.4, -0.2) is 52.4 Å². The highest BCUT2D eigenvalue weighted by molar-refractivity contribution is 5.84.